The van der Waals surface area contributed by atoms with E-state index in [9.17, 15) is 4.57 Å². The highest BCUT2D eigenvalue weighted by molar-refractivity contribution is 7.85. The molecule has 0 amide bonds. The number of hydrogen-bond acceptors (Lipinski definition) is 2. The molecule has 0 unspecified atom stereocenters. The molecule has 1 saturated heterocycles. The average molecular weight is 358 g/mol. The maximum absolute atomic E-state index is 14.5. The first kappa shape index (κ1) is 17.2. The van der Waals surface area contributed by atoms with Gasteiger partial charge in [0.2, 0.25) is 7.29 Å². The molecule has 1 N–H and O–H groups in total. The molecule has 0 saturated carbocycles. The molecule has 0 radical (unpaired) electrons. The minimum atomic E-state index is -3.01. The molecule has 3 nitrogen and oxygen atoms in total. The molecule has 2 atom stereocenters. The van der Waals surface area contributed by atoms with E-state index in [0.29, 0.717) is 11.0 Å². The van der Waals surface area contributed by atoms with Crippen LogP contribution in [0.3, 0.4) is 0 Å². The van der Waals surface area contributed by atoms with E-state index in [2.05, 4.69) is 19.2 Å². The Balaban J connectivity index is 2.22. The molecule has 2 aromatic rings. The van der Waals surface area contributed by atoms with Gasteiger partial charge in [-0.05, 0) is 55.7 Å². The Morgan fingerprint density at radius 2 is 1.62 bits per heavy atom. The molecule has 3 rings (SSSR count). The number of anilines is 1. The third-order valence-electron chi connectivity index (χ3n) is 4.43. The number of benzene rings is 2. The molecule has 0 bridgehead atoms. The smallest absolute Gasteiger partial charge is 0.231 e. The lowest BCUT2D eigenvalue weighted by molar-refractivity contribution is 0.435. The lowest BCUT2D eigenvalue weighted by atomic mass is 10.0. The van der Waals surface area contributed by atoms with E-state index in [-0.39, 0.29) is 0 Å². The van der Waals surface area contributed by atoms with E-state index in [0.717, 1.165) is 17.4 Å². The molecule has 1 heterocycles. The Hall–Kier alpha value is -1.64. The van der Waals surface area contributed by atoms with Crippen molar-refractivity contribution < 1.29 is 4.57 Å². The SMILES string of the molecule is CC(C)C[C@]1(C)NC(=S)N(c2ccccc2)[P@]1(=O)c1ccccc1. The minimum Gasteiger partial charge on any atom is -0.348 e. The van der Waals surface area contributed by atoms with Crippen LogP contribution in [-0.4, -0.2) is 10.4 Å². The summed E-state index contributed by atoms with van der Waals surface area (Å²) in [6.07, 6.45) is 0.780. The van der Waals surface area contributed by atoms with Crippen LogP contribution in [0.5, 0.6) is 0 Å². The predicted octanol–water partition coefficient (Wildman–Crippen LogP) is 4.75. The van der Waals surface area contributed by atoms with Crippen LogP contribution < -0.4 is 15.3 Å². The largest absolute Gasteiger partial charge is 0.348 e. The van der Waals surface area contributed by atoms with E-state index in [1.54, 1.807) is 0 Å². The Kier molecular flexibility index (Phi) is 4.54. The second kappa shape index (κ2) is 6.34. The van der Waals surface area contributed by atoms with Crippen molar-refractivity contribution in [3.8, 4) is 0 Å². The van der Waals surface area contributed by atoms with Crippen molar-refractivity contribution >= 4 is 35.6 Å². The number of rotatable bonds is 4. The lowest BCUT2D eigenvalue weighted by Gasteiger charge is -2.35. The molecule has 5 heteroatoms. The van der Waals surface area contributed by atoms with E-state index in [1.807, 2.05) is 72.3 Å². The van der Waals surface area contributed by atoms with Crippen LogP contribution in [0.2, 0.25) is 0 Å². The maximum Gasteiger partial charge on any atom is 0.231 e. The average Bonchev–Trinajstić information content (AvgIpc) is 2.75. The van der Waals surface area contributed by atoms with Crippen molar-refractivity contribution in [2.75, 3.05) is 4.67 Å². The first-order valence-corrected chi connectivity index (χ1v) is 10.3. The highest BCUT2D eigenvalue weighted by atomic mass is 32.1. The zero-order valence-electron chi connectivity index (χ0n) is 14.3. The minimum absolute atomic E-state index is 0.401. The zero-order valence-corrected chi connectivity index (χ0v) is 16.0. The van der Waals surface area contributed by atoms with Gasteiger partial charge in [0.15, 0.2) is 5.11 Å². The Morgan fingerprint density at radius 3 is 2.17 bits per heavy atom. The van der Waals surface area contributed by atoms with E-state index in [4.69, 9.17) is 12.2 Å². The van der Waals surface area contributed by atoms with Crippen molar-refractivity contribution in [1.29, 1.82) is 0 Å². The van der Waals surface area contributed by atoms with Gasteiger partial charge in [-0.2, -0.15) is 0 Å². The first-order chi connectivity index (χ1) is 11.4. The van der Waals surface area contributed by atoms with Gasteiger partial charge in [-0.1, -0.05) is 50.2 Å². The van der Waals surface area contributed by atoms with Gasteiger partial charge in [-0.3, -0.25) is 9.24 Å². The molecule has 126 valence electrons. The molecule has 0 aromatic heterocycles. The molecule has 2 aromatic carbocycles. The number of nitrogens with zero attached hydrogens (tertiary/aromatic N) is 1. The van der Waals surface area contributed by atoms with Crippen LogP contribution in [0.15, 0.2) is 60.7 Å². The van der Waals surface area contributed by atoms with E-state index < -0.39 is 12.6 Å². The summed E-state index contributed by atoms with van der Waals surface area (Å²) in [6, 6.07) is 19.5. The molecule has 1 aliphatic heterocycles. The number of hydrogen-bond donors (Lipinski definition) is 1. The highest BCUT2D eigenvalue weighted by Crippen LogP contribution is 2.65. The third kappa shape index (κ3) is 2.68. The Bertz CT molecular complexity index is 778. The number of thiocarbonyl (C=S) groups is 1. The molecule has 1 fully saturated rings. The van der Waals surface area contributed by atoms with Gasteiger partial charge in [0, 0.05) is 5.30 Å². The van der Waals surface area contributed by atoms with Gasteiger partial charge in [0.05, 0.1) is 5.69 Å². The van der Waals surface area contributed by atoms with Gasteiger partial charge in [0.1, 0.15) is 5.28 Å². The fraction of sp³-hybridized carbons (Fsp3) is 0.316. The van der Waals surface area contributed by atoms with Crippen molar-refractivity contribution in [2.45, 2.75) is 32.5 Å². The summed E-state index contributed by atoms with van der Waals surface area (Å²) in [6.45, 7) is 6.34. The fourth-order valence-electron chi connectivity index (χ4n) is 3.56. The summed E-state index contributed by atoms with van der Waals surface area (Å²) in [5.41, 5.74) is 0.870. The van der Waals surface area contributed by atoms with Crippen LogP contribution in [0.4, 0.5) is 5.69 Å². The maximum atomic E-state index is 14.5. The topological polar surface area (TPSA) is 32.3 Å². The Labute approximate surface area is 149 Å². The van der Waals surface area contributed by atoms with E-state index in [1.165, 1.54) is 0 Å². The summed E-state index contributed by atoms with van der Waals surface area (Å²) in [5, 5.41) is 4.18. The number of para-hydroxylation sites is 1. The van der Waals surface area contributed by atoms with Crippen LogP contribution in [0.25, 0.3) is 0 Å². The summed E-state index contributed by atoms with van der Waals surface area (Å²) in [7, 11) is -3.01. The molecule has 1 aliphatic rings. The molecular weight excluding hydrogens is 335 g/mol. The molecule has 24 heavy (non-hydrogen) atoms. The standard InChI is InChI=1S/C19H23N2OPS/c1-15(2)14-19(3)20-18(24)21(16-10-6-4-7-11-16)23(19,22)17-12-8-5-9-13-17/h4-13,15H,14H2,1-3H3,(H,20,24)/t19-,23+/m1/s1. The summed E-state index contributed by atoms with van der Waals surface area (Å²) in [4.78, 5) is 0. The van der Waals surface area contributed by atoms with Crippen molar-refractivity contribution in [2.24, 2.45) is 5.92 Å². The van der Waals surface area contributed by atoms with Crippen LogP contribution in [-0.2, 0) is 4.57 Å². The Morgan fingerprint density at radius 1 is 1.08 bits per heavy atom. The molecule has 0 aliphatic carbocycles. The van der Waals surface area contributed by atoms with Gasteiger partial charge in [-0.25, -0.2) is 0 Å². The quantitative estimate of drug-likeness (QED) is 0.632. The van der Waals surface area contributed by atoms with Crippen molar-refractivity contribution in [1.82, 2.24) is 5.32 Å². The van der Waals surface area contributed by atoms with Crippen molar-refractivity contribution in [3.63, 3.8) is 0 Å². The normalized spacial score (nSPS) is 26.7. The van der Waals surface area contributed by atoms with Crippen molar-refractivity contribution in [3.05, 3.63) is 60.7 Å². The fourth-order valence-corrected chi connectivity index (χ4v) is 7.76. The van der Waals surface area contributed by atoms with Gasteiger partial charge in [-0.15, -0.1) is 0 Å². The molecular formula is C19H23N2OPS. The number of nitrogens with one attached hydrogen (secondary N) is 1. The summed E-state index contributed by atoms with van der Waals surface area (Å²) in [5.74, 6) is 0.401. The predicted molar refractivity (Wildman–Crippen MR) is 106 cm³/mol. The summed E-state index contributed by atoms with van der Waals surface area (Å²) < 4.78 is 16.4. The monoisotopic (exact) mass is 358 g/mol. The molecule has 0 spiro atoms. The van der Waals surface area contributed by atoms with E-state index >= 15 is 0 Å². The van der Waals surface area contributed by atoms with Gasteiger partial charge < -0.3 is 5.32 Å². The van der Waals surface area contributed by atoms with Crippen LogP contribution >= 0.6 is 19.5 Å². The van der Waals surface area contributed by atoms with Gasteiger partial charge in [0.25, 0.3) is 0 Å². The third-order valence-corrected chi connectivity index (χ3v) is 8.48. The highest BCUT2D eigenvalue weighted by Gasteiger charge is 2.57. The second-order valence-corrected chi connectivity index (χ2v) is 10.3. The van der Waals surface area contributed by atoms with Crippen LogP contribution in [0, 0.1) is 5.92 Å². The summed E-state index contributed by atoms with van der Waals surface area (Å²) >= 11 is 5.62. The lowest BCUT2D eigenvalue weighted by Crippen LogP contribution is -2.40. The van der Waals surface area contributed by atoms with Crippen LogP contribution in [0.1, 0.15) is 27.2 Å². The first-order valence-electron chi connectivity index (χ1n) is 8.22. The second-order valence-electron chi connectivity index (χ2n) is 6.86. The van der Waals surface area contributed by atoms with Gasteiger partial charge >= 0.3 is 0 Å². The zero-order chi connectivity index (χ0) is 17.4.